The van der Waals surface area contributed by atoms with Gasteiger partial charge in [-0.2, -0.15) is 0 Å². The van der Waals surface area contributed by atoms with Gasteiger partial charge in [-0.05, 0) is 89.1 Å². The predicted octanol–water partition coefficient (Wildman–Crippen LogP) is 5.54. The molecule has 1 atom stereocenters. The molecular formula is C22H23BrN2O4S. The molecule has 1 aliphatic heterocycles. The van der Waals surface area contributed by atoms with Gasteiger partial charge in [0.2, 0.25) is 0 Å². The van der Waals surface area contributed by atoms with E-state index in [2.05, 4.69) is 33.2 Å². The molecule has 1 aliphatic rings. The molecule has 8 heteroatoms. The molecular weight excluding hydrogens is 468 g/mol. The number of ether oxygens (including phenoxy) is 3. The summed E-state index contributed by atoms with van der Waals surface area (Å²) in [5, 5.41) is 3.32. The number of hydrogen-bond donors (Lipinski definition) is 1. The summed E-state index contributed by atoms with van der Waals surface area (Å²) in [4.78, 5) is 17.4. The Hall–Kier alpha value is -2.45. The fourth-order valence-corrected chi connectivity index (χ4v) is 4.02. The SMILES string of the molecule is CC[C@@H](C)Oc1c(Br)cc(/C=C2/SC(=Nc3ccc(OC)cc3)NC2=O)cc1OC. The Bertz CT molecular complexity index is 989. The average molecular weight is 491 g/mol. The highest BCUT2D eigenvalue weighted by molar-refractivity contribution is 9.10. The first-order valence-electron chi connectivity index (χ1n) is 9.41. The minimum Gasteiger partial charge on any atom is -0.497 e. The fourth-order valence-electron chi connectivity index (χ4n) is 2.63. The van der Waals surface area contributed by atoms with Crippen molar-refractivity contribution in [3.05, 3.63) is 51.3 Å². The highest BCUT2D eigenvalue weighted by atomic mass is 79.9. The molecule has 3 rings (SSSR count). The standard InChI is InChI=1S/C22H23BrN2O4S/c1-5-13(2)29-20-17(23)10-14(11-18(20)28-4)12-19-21(26)25-22(30-19)24-15-6-8-16(27-3)9-7-15/h6-13H,5H2,1-4H3,(H,24,25,26)/b19-12+/t13-/m1/s1. The van der Waals surface area contributed by atoms with Gasteiger partial charge < -0.3 is 19.5 Å². The lowest BCUT2D eigenvalue weighted by Crippen LogP contribution is -2.19. The number of nitrogens with zero attached hydrogens (tertiary/aromatic N) is 1. The number of halogens is 1. The summed E-state index contributed by atoms with van der Waals surface area (Å²) in [6.07, 6.45) is 2.75. The van der Waals surface area contributed by atoms with Crippen LogP contribution in [0.25, 0.3) is 6.08 Å². The molecule has 158 valence electrons. The van der Waals surface area contributed by atoms with Gasteiger partial charge in [0.05, 0.1) is 35.4 Å². The lowest BCUT2D eigenvalue weighted by molar-refractivity contribution is -0.115. The van der Waals surface area contributed by atoms with Crippen LogP contribution in [0.2, 0.25) is 0 Å². The molecule has 1 N–H and O–H groups in total. The van der Waals surface area contributed by atoms with E-state index in [1.807, 2.05) is 43.3 Å². The van der Waals surface area contributed by atoms with Crippen LogP contribution in [0.15, 0.2) is 50.8 Å². The van der Waals surface area contributed by atoms with Crippen molar-refractivity contribution in [3.8, 4) is 17.2 Å². The zero-order chi connectivity index (χ0) is 21.7. The van der Waals surface area contributed by atoms with E-state index in [9.17, 15) is 4.79 Å². The Kier molecular flexibility index (Phi) is 7.44. The lowest BCUT2D eigenvalue weighted by atomic mass is 10.1. The number of hydrogen-bond acceptors (Lipinski definition) is 6. The number of carbonyl (C=O) groups excluding carboxylic acids is 1. The van der Waals surface area contributed by atoms with E-state index >= 15 is 0 Å². The summed E-state index contributed by atoms with van der Waals surface area (Å²) in [6.45, 7) is 4.07. The number of carbonyl (C=O) groups is 1. The Balaban J connectivity index is 1.83. The van der Waals surface area contributed by atoms with Crippen molar-refractivity contribution < 1.29 is 19.0 Å². The summed E-state index contributed by atoms with van der Waals surface area (Å²) in [5.41, 5.74) is 1.55. The van der Waals surface area contributed by atoms with Crippen molar-refractivity contribution >= 4 is 50.5 Å². The summed E-state index contributed by atoms with van der Waals surface area (Å²) in [6, 6.07) is 11.1. The molecule has 2 aromatic carbocycles. The van der Waals surface area contributed by atoms with Crippen LogP contribution in [0.5, 0.6) is 17.2 Å². The maximum absolute atomic E-state index is 12.4. The van der Waals surface area contributed by atoms with Gasteiger partial charge in [-0.1, -0.05) is 6.92 Å². The number of amidine groups is 1. The van der Waals surface area contributed by atoms with E-state index in [0.717, 1.165) is 27.9 Å². The van der Waals surface area contributed by atoms with Gasteiger partial charge >= 0.3 is 0 Å². The first kappa shape index (κ1) is 22.2. The Morgan fingerprint density at radius 2 is 1.93 bits per heavy atom. The predicted molar refractivity (Wildman–Crippen MR) is 125 cm³/mol. The second-order valence-electron chi connectivity index (χ2n) is 6.55. The molecule has 0 bridgehead atoms. The maximum Gasteiger partial charge on any atom is 0.264 e. The van der Waals surface area contributed by atoms with Crippen LogP contribution in [-0.4, -0.2) is 31.4 Å². The first-order valence-corrected chi connectivity index (χ1v) is 11.0. The third kappa shape index (κ3) is 5.37. The summed E-state index contributed by atoms with van der Waals surface area (Å²) >= 11 is 4.84. The second-order valence-corrected chi connectivity index (χ2v) is 8.44. The van der Waals surface area contributed by atoms with Gasteiger partial charge in [-0.15, -0.1) is 0 Å². The third-order valence-corrected chi connectivity index (χ3v) is 5.90. The number of amides is 1. The molecule has 0 aliphatic carbocycles. The van der Waals surface area contributed by atoms with E-state index in [1.54, 1.807) is 20.3 Å². The summed E-state index contributed by atoms with van der Waals surface area (Å²) < 4.78 is 17.4. The molecule has 1 fully saturated rings. The second kappa shape index (κ2) is 10.0. The minimum absolute atomic E-state index is 0.0623. The molecule has 0 unspecified atom stereocenters. The Morgan fingerprint density at radius 3 is 2.57 bits per heavy atom. The smallest absolute Gasteiger partial charge is 0.264 e. The molecule has 2 aromatic rings. The molecule has 6 nitrogen and oxygen atoms in total. The zero-order valence-corrected chi connectivity index (χ0v) is 19.6. The van der Waals surface area contributed by atoms with E-state index in [-0.39, 0.29) is 12.0 Å². The largest absolute Gasteiger partial charge is 0.497 e. The molecule has 0 radical (unpaired) electrons. The number of rotatable bonds is 7. The maximum atomic E-state index is 12.4. The van der Waals surface area contributed by atoms with Crippen LogP contribution in [0, 0.1) is 0 Å². The highest BCUT2D eigenvalue weighted by Crippen LogP contribution is 2.39. The van der Waals surface area contributed by atoms with E-state index in [0.29, 0.717) is 21.6 Å². The minimum atomic E-state index is -0.192. The van der Waals surface area contributed by atoms with Crippen LogP contribution >= 0.6 is 27.7 Å². The van der Waals surface area contributed by atoms with Crippen LogP contribution in [0.3, 0.4) is 0 Å². The molecule has 0 saturated carbocycles. The highest BCUT2D eigenvalue weighted by Gasteiger charge is 2.24. The van der Waals surface area contributed by atoms with Gasteiger partial charge in [0.15, 0.2) is 16.7 Å². The Labute approximate surface area is 188 Å². The molecule has 1 heterocycles. The van der Waals surface area contributed by atoms with Crippen molar-refractivity contribution in [3.63, 3.8) is 0 Å². The lowest BCUT2D eigenvalue weighted by Gasteiger charge is -2.17. The van der Waals surface area contributed by atoms with Crippen LogP contribution < -0.4 is 19.5 Å². The number of thioether (sulfide) groups is 1. The van der Waals surface area contributed by atoms with E-state index < -0.39 is 0 Å². The fraction of sp³-hybridized carbons (Fsp3) is 0.273. The van der Waals surface area contributed by atoms with Crippen molar-refractivity contribution in [1.82, 2.24) is 5.32 Å². The van der Waals surface area contributed by atoms with Crippen LogP contribution in [0.1, 0.15) is 25.8 Å². The molecule has 1 saturated heterocycles. The van der Waals surface area contributed by atoms with Gasteiger partial charge in [0, 0.05) is 0 Å². The Morgan fingerprint density at radius 1 is 1.20 bits per heavy atom. The van der Waals surface area contributed by atoms with Gasteiger partial charge in [-0.3, -0.25) is 4.79 Å². The van der Waals surface area contributed by atoms with Gasteiger partial charge in [0.1, 0.15) is 5.75 Å². The van der Waals surface area contributed by atoms with Crippen LogP contribution in [-0.2, 0) is 4.79 Å². The molecule has 0 spiro atoms. The third-order valence-electron chi connectivity index (χ3n) is 4.40. The van der Waals surface area contributed by atoms with Crippen molar-refractivity contribution in [2.24, 2.45) is 4.99 Å². The number of benzene rings is 2. The number of nitrogens with one attached hydrogen (secondary N) is 1. The molecule has 0 aromatic heterocycles. The van der Waals surface area contributed by atoms with Crippen molar-refractivity contribution in [1.29, 1.82) is 0 Å². The summed E-state index contributed by atoms with van der Waals surface area (Å²) in [5.74, 6) is 1.82. The monoisotopic (exact) mass is 490 g/mol. The number of aliphatic imine (C=N–C) groups is 1. The first-order chi connectivity index (χ1) is 14.4. The van der Waals surface area contributed by atoms with Gasteiger partial charge in [0.25, 0.3) is 5.91 Å². The number of methoxy groups -OCH3 is 2. The van der Waals surface area contributed by atoms with Gasteiger partial charge in [-0.25, -0.2) is 4.99 Å². The van der Waals surface area contributed by atoms with Crippen LogP contribution in [0.4, 0.5) is 5.69 Å². The van der Waals surface area contributed by atoms with Crippen molar-refractivity contribution in [2.75, 3.05) is 14.2 Å². The molecule has 1 amide bonds. The molecule has 30 heavy (non-hydrogen) atoms. The van der Waals surface area contributed by atoms with E-state index in [1.165, 1.54) is 11.8 Å². The van der Waals surface area contributed by atoms with E-state index in [4.69, 9.17) is 14.2 Å². The average Bonchev–Trinajstić information content (AvgIpc) is 3.08. The summed E-state index contributed by atoms with van der Waals surface area (Å²) in [7, 11) is 3.21. The topological polar surface area (TPSA) is 69.2 Å². The normalized spacial score (nSPS) is 17.2. The quantitative estimate of drug-likeness (QED) is 0.516. The zero-order valence-electron chi connectivity index (χ0n) is 17.2. The van der Waals surface area contributed by atoms with Crippen molar-refractivity contribution in [2.45, 2.75) is 26.4 Å².